The Bertz CT molecular complexity index is 993. The minimum Gasteiger partial charge on any atom is -0.383 e. The third-order valence-electron chi connectivity index (χ3n) is 3.78. The molecule has 2 heterocycles. The van der Waals surface area contributed by atoms with Crippen molar-refractivity contribution in [2.45, 2.75) is 6.42 Å². The Balaban J connectivity index is 1.81. The topological polar surface area (TPSA) is 69.6 Å². The summed E-state index contributed by atoms with van der Waals surface area (Å²) in [6.07, 6.45) is 2.34. The van der Waals surface area contributed by atoms with E-state index in [-0.39, 0.29) is 0 Å². The van der Waals surface area contributed by atoms with Crippen molar-refractivity contribution in [3.63, 3.8) is 0 Å². The first-order chi connectivity index (χ1) is 11.7. The highest BCUT2D eigenvalue weighted by Crippen LogP contribution is 2.22. The predicted molar refractivity (Wildman–Crippen MR) is 98.0 cm³/mol. The Morgan fingerprint density at radius 2 is 1.71 bits per heavy atom. The second kappa shape index (κ2) is 6.05. The highest BCUT2D eigenvalue weighted by atomic mass is 79.9. The Hall–Kier alpha value is -2.73. The van der Waals surface area contributed by atoms with Crippen LogP contribution in [-0.4, -0.2) is 19.7 Å². The molecule has 4 aromatic rings. The van der Waals surface area contributed by atoms with Gasteiger partial charge in [-0.3, -0.25) is 0 Å². The molecule has 4 rings (SSSR count). The first kappa shape index (κ1) is 14.8. The van der Waals surface area contributed by atoms with Gasteiger partial charge in [0.1, 0.15) is 11.6 Å². The largest absolute Gasteiger partial charge is 0.383 e. The van der Waals surface area contributed by atoms with Gasteiger partial charge in [0.05, 0.1) is 17.3 Å². The van der Waals surface area contributed by atoms with E-state index in [4.69, 9.17) is 5.73 Å². The zero-order chi connectivity index (χ0) is 16.5. The molecule has 0 spiro atoms. The number of rotatable bonds is 3. The number of aromatic nitrogens is 4. The predicted octanol–water partition coefficient (Wildman–Crippen LogP) is 3.75. The van der Waals surface area contributed by atoms with E-state index in [0.29, 0.717) is 18.1 Å². The fourth-order valence-corrected chi connectivity index (χ4v) is 2.87. The molecular formula is C18H14BrN5. The van der Waals surface area contributed by atoms with Crippen LogP contribution < -0.4 is 5.73 Å². The fraction of sp³-hybridized carbons (Fsp3) is 0.0556. The molecular weight excluding hydrogens is 366 g/mol. The number of nitrogens with two attached hydrogens (primary N) is 1. The molecule has 24 heavy (non-hydrogen) atoms. The third kappa shape index (κ3) is 2.76. The summed E-state index contributed by atoms with van der Waals surface area (Å²) in [4.78, 5) is 9.11. The van der Waals surface area contributed by atoms with Crippen LogP contribution in [0.15, 0.2) is 65.3 Å². The average Bonchev–Trinajstić information content (AvgIpc) is 3.01. The normalized spacial score (nSPS) is 11.0. The summed E-state index contributed by atoms with van der Waals surface area (Å²) in [5.41, 5.74) is 8.90. The van der Waals surface area contributed by atoms with Gasteiger partial charge < -0.3 is 5.73 Å². The molecule has 0 amide bonds. The molecule has 118 valence electrons. The Labute approximate surface area is 147 Å². The highest BCUT2D eigenvalue weighted by Gasteiger charge is 2.12. The van der Waals surface area contributed by atoms with Crippen molar-refractivity contribution in [1.82, 2.24) is 19.7 Å². The Kier molecular flexibility index (Phi) is 3.74. The average molecular weight is 380 g/mol. The minimum atomic E-state index is 0.453. The number of fused-ring (bicyclic) bond motifs is 1. The standard InChI is InChI=1S/C18H14BrN5/c19-13-6-8-14(9-7-13)24-18-15(11-21-24)17(20)22-16(23-18)10-12-4-2-1-3-5-12/h1-9,11H,10H2,(H2,20,22,23). The zero-order valence-electron chi connectivity index (χ0n) is 12.7. The number of nitrogens with zero attached hydrogens (tertiary/aromatic N) is 4. The summed E-state index contributed by atoms with van der Waals surface area (Å²) in [5.74, 6) is 1.14. The fourth-order valence-electron chi connectivity index (χ4n) is 2.61. The van der Waals surface area contributed by atoms with Gasteiger partial charge >= 0.3 is 0 Å². The molecule has 2 aromatic carbocycles. The van der Waals surface area contributed by atoms with E-state index in [1.165, 1.54) is 0 Å². The molecule has 2 aromatic heterocycles. The Morgan fingerprint density at radius 3 is 2.46 bits per heavy atom. The van der Waals surface area contributed by atoms with Crippen molar-refractivity contribution in [2.75, 3.05) is 5.73 Å². The molecule has 2 N–H and O–H groups in total. The van der Waals surface area contributed by atoms with Gasteiger partial charge in [0.2, 0.25) is 0 Å². The summed E-state index contributed by atoms with van der Waals surface area (Å²) < 4.78 is 2.80. The molecule has 0 saturated heterocycles. The lowest BCUT2D eigenvalue weighted by Gasteiger charge is -2.06. The molecule has 0 aliphatic heterocycles. The summed E-state index contributed by atoms with van der Waals surface area (Å²) in [6.45, 7) is 0. The van der Waals surface area contributed by atoms with Crippen LogP contribution in [0, 0.1) is 0 Å². The van der Waals surface area contributed by atoms with Crippen LogP contribution >= 0.6 is 15.9 Å². The van der Waals surface area contributed by atoms with Gasteiger partial charge in [-0.15, -0.1) is 0 Å². The van der Waals surface area contributed by atoms with E-state index in [0.717, 1.165) is 26.8 Å². The molecule has 0 saturated carbocycles. The van der Waals surface area contributed by atoms with E-state index in [1.807, 2.05) is 42.5 Å². The van der Waals surface area contributed by atoms with Crippen molar-refractivity contribution < 1.29 is 0 Å². The van der Waals surface area contributed by atoms with Crippen molar-refractivity contribution in [1.29, 1.82) is 0 Å². The van der Waals surface area contributed by atoms with Gasteiger partial charge in [0.25, 0.3) is 0 Å². The summed E-state index contributed by atoms with van der Waals surface area (Å²) in [6, 6.07) is 18.0. The van der Waals surface area contributed by atoms with Crippen LogP contribution in [0.1, 0.15) is 11.4 Å². The van der Waals surface area contributed by atoms with Crippen molar-refractivity contribution in [3.05, 3.63) is 76.7 Å². The molecule has 0 bridgehead atoms. The molecule has 6 heteroatoms. The molecule has 0 aliphatic carbocycles. The number of nitrogen functional groups attached to an aromatic ring is 1. The van der Waals surface area contributed by atoms with E-state index >= 15 is 0 Å². The lowest BCUT2D eigenvalue weighted by Crippen LogP contribution is -2.04. The first-order valence-electron chi connectivity index (χ1n) is 7.51. The van der Waals surface area contributed by atoms with Crippen LogP contribution in [0.2, 0.25) is 0 Å². The van der Waals surface area contributed by atoms with Crippen molar-refractivity contribution >= 4 is 32.8 Å². The lowest BCUT2D eigenvalue weighted by atomic mass is 10.1. The number of hydrogen-bond donors (Lipinski definition) is 1. The van der Waals surface area contributed by atoms with Crippen molar-refractivity contribution in [2.24, 2.45) is 0 Å². The third-order valence-corrected chi connectivity index (χ3v) is 4.31. The molecule has 0 fully saturated rings. The van der Waals surface area contributed by atoms with Crippen LogP contribution in [0.3, 0.4) is 0 Å². The summed E-state index contributed by atoms with van der Waals surface area (Å²) in [5, 5.41) is 5.18. The monoisotopic (exact) mass is 379 g/mol. The van der Waals surface area contributed by atoms with Gasteiger partial charge in [-0.1, -0.05) is 46.3 Å². The van der Waals surface area contributed by atoms with Crippen LogP contribution in [-0.2, 0) is 6.42 Å². The van der Waals surface area contributed by atoms with Crippen LogP contribution in [0.25, 0.3) is 16.7 Å². The quantitative estimate of drug-likeness (QED) is 0.588. The molecule has 0 atom stereocenters. The van der Waals surface area contributed by atoms with E-state index in [9.17, 15) is 0 Å². The van der Waals surface area contributed by atoms with E-state index < -0.39 is 0 Å². The minimum absolute atomic E-state index is 0.453. The summed E-state index contributed by atoms with van der Waals surface area (Å²) in [7, 11) is 0. The number of benzene rings is 2. The van der Waals surface area contributed by atoms with E-state index in [1.54, 1.807) is 10.9 Å². The second-order valence-electron chi connectivity index (χ2n) is 5.46. The molecule has 0 radical (unpaired) electrons. The van der Waals surface area contributed by atoms with Gasteiger partial charge in [0.15, 0.2) is 5.65 Å². The highest BCUT2D eigenvalue weighted by molar-refractivity contribution is 9.10. The maximum absolute atomic E-state index is 6.11. The van der Waals surface area contributed by atoms with E-state index in [2.05, 4.69) is 43.1 Å². The number of anilines is 1. The smallest absolute Gasteiger partial charge is 0.168 e. The maximum atomic E-state index is 6.11. The molecule has 5 nitrogen and oxygen atoms in total. The summed E-state index contributed by atoms with van der Waals surface area (Å²) >= 11 is 3.44. The van der Waals surface area contributed by atoms with Gasteiger partial charge in [-0.2, -0.15) is 5.10 Å². The van der Waals surface area contributed by atoms with Gasteiger partial charge in [-0.25, -0.2) is 14.6 Å². The number of halogens is 1. The Morgan fingerprint density at radius 1 is 0.958 bits per heavy atom. The molecule has 0 unspecified atom stereocenters. The molecule has 0 aliphatic rings. The number of hydrogen-bond acceptors (Lipinski definition) is 4. The van der Waals surface area contributed by atoms with Gasteiger partial charge in [-0.05, 0) is 29.8 Å². The van der Waals surface area contributed by atoms with Crippen molar-refractivity contribution in [3.8, 4) is 5.69 Å². The second-order valence-corrected chi connectivity index (χ2v) is 6.37. The first-order valence-corrected chi connectivity index (χ1v) is 8.30. The zero-order valence-corrected chi connectivity index (χ0v) is 14.3. The lowest BCUT2D eigenvalue weighted by molar-refractivity contribution is 0.882. The van der Waals surface area contributed by atoms with Crippen LogP contribution in [0.4, 0.5) is 5.82 Å². The maximum Gasteiger partial charge on any atom is 0.168 e. The SMILES string of the molecule is Nc1nc(Cc2ccccc2)nc2c1cnn2-c1ccc(Br)cc1. The van der Waals surface area contributed by atoms with Gasteiger partial charge in [0, 0.05) is 10.9 Å². The van der Waals surface area contributed by atoms with Crippen LogP contribution in [0.5, 0.6) is 0 Å².